The smallest absolute Gasteiger partial charge is 0.306 e. The maximum atomic E-state index is 12.0. The Hall–Kier alpha value is -2.20. The molecule has 360 valence electrons. The zero-order valence-corrected chi connectivity index (χ0v) is 40.1. The molecule has 0 aliphatic heterocycles. The van der Waals surface area contributed by atoms with Gasteiger partial charge in [-0.2, -0.15) is 0 Å². The number of hydrogen-bond donors (Lipinski definition) is 2. The molecule has 0 unspecified atom stereocenters. The first-order valence-electron chi connectivity index (χ1n) is 26.0. The Morgan fingerprint density at radius 1 is 0.311 bits per heavy atom. The van der Waals surface area contributed by atoms with Gasteiger partial charge in [0.2, 0.25) is 0 Å². The van der Waals surface area contributed by atoms with E-state index in [0.29, 0.717) is 13.1 Å². The largest absolute Gasteiger partial charge is 0.481 e. The second-order valence-corrected chi connectivity index (χ2v) is 17.9. The lowest BCUT2D eigenvalue weighted by Gasteiger charge is -2.26. The number of esters is 2. The minimum Gasteiger partial charge on any atom is -0.481 e. The molecule has 0 bridgehead atoms. The Morgan fingerprint density at radius 2 is 0.541 bits per heavy atom. The molecule has 0 aromatic heterocycles. The number of aliphatic carboxylic acids is 2. The summed E-state index contributed by atoms with van der Waals surface area (Å²) in [5.74, 6) is -3.14. The van der Waals surface area contributed by atoms with Crippen LogP contribution in [0.5, 0.6) is 0 Å². The van der Waals surface area contributed by atoms with Crippen LogP contribution >= 0.6 is 0 Å². The van der Waals surface area contributed by atoms with Gasteiger partial charge >= 0.3 is 23.9 Å². The summed E-state index contributed by atoms with van der Waals surface area (Å²) in [5.41, 5.74) is 0. The summed E-state index contributed by atoms with van der Waals surface area (Å²) in [7, 11) is 0. The molecule has 0 fully saturated rings. The number of carbonyl (C=O) groups is 4. The highest BCUT2D eigenvalue weighted by Gasteiger charge is 2.13. The lowest BCUT2D eigenvalue weighted by atomic mass is 10.0. The number of ether oxygens (including phenoxy) is 2. The molecule has 0 aromatic rings. The fraction of sp³-hybridized carbons (Fsp3) is 0.922. The molecule has 0 spiro atoms. The molecule has 0 amide bonds. The average Bonchev–Trinajstić information content (AvgIpc) is 3.24. The van der Waals surface area contributed by atoms with Crippen molar-refractivity contribution in [2.45, 2.75) is 251 Å². The van der Waals surface area contributed by atoms with Crippen molar-refractivity contribution >= 4 is 23.9 Å². The highest BCUT2D eigenvalue weighted by molar-refractivity contribution is 5.77. The van der Waals surface area contributed by atoms with Crippen molar-refractivity contribution in [2.24, 2.45) is 0 Å². The van der Waals surface area contributed by atoms with Gasteiger partial charge in [-0.05, 0) is 45.4 Å². The van der Waals surface area contributed by atoms with E-state index >= 15 is 0 Å². The SMILES string of the molecule is CCCCCCCCCCCCCCCCCCN(CCCCCCCCCCCCCCCCCC)CCCN(CCOC(=O)CCC(=O)O)CCOC(=O)CCC(=O)O. The number of carboxylic acids is 2. The van der Waals surface area contributed by atoms with Gasteiger partial charge in [-0.3, -0.25) is 24.1 Å². The van der Waals surface area contributed by atoms with E-state index in [-0.39, 0.29) is 38.9 Å². The average molecular weight is 867 g/mol. The maximum Gasteiger partial charge on any atom is 0.306 e. The van der Waals surface area contributed by atoms with E-state index in [1.807, 2.05) is 0 Å². The second-order valence-electron chi connectivity index (χ2n) is 17.9. The predicted octanol–water partition coefficient (Wildman–Crippen LogP) is 13.3. The third-order valence-electron chi connectivity index (χ3n) is 12.0. The van der Waals surface area contributed by atoms with E-state index in [1.54, 1.807) is 0 Å². The maximum absolute atomic E-state index is 12.0. The van der Waals surface area contributed by atoms with Gasteiger partial charge in [0.05, 0.1) is 25.7 Å². The highest BCUT2D eigenvalue weighted by Crippen LogP contribution is 2.16. The molecule has 61 heavy (non-hydrogen) atoms. The molecule has 10 nitrogen and oxygen atoms in total. The Balaban J connectivity index is 4.69. The highest BCUT2D eigenvalue weighted by atomic mass is 16.5. The van der Waals surface area contributed by atoms with Gasteiger partial charge in [-0.1, -0.05) is 206 Å². The van der Waals surface area contributed by atoms with Crippen LogP contribution in [0.15, 0.2) is 0 Å². The molecule has 0 heterocycles. The van der Waals surface area contributed by atoms with E-state index in [4.69, 9.17) is 19.7 Å². The summed E-state index contributed by atoms with van der Waals surface area (Å²) in [6, 6.07) is 0. The fourth-order valence-corrected chi connectivity index (χ4v) is 8.10. The van der Waals surface area contributed by atoms with E-state index < -0.39 is 23.9 Å². The molecule has 0 saturated heterocycles. The van der Waals surface area contributed by atoms with E-state index in [9.17, 15) is 19.2 Å². The third-order valence-corrected chi connectivity index (χ3v) is 12.0. The summed E-state index contributed by atoms with van der Waals surface area (Å²) in [6.07, 6.45) is 43.9. The van der Waals surface area contributed by atoms with E-state index in [0.717, 1.165) is 32.6 Å². The minimum absolute atomic E-state index is 0.132. The van der Waals surface area contributed by atoms with Gasteiger partial charge in [0.1, 0.15) is 13.2 Å². The summed E-state index contributed by atoms with van der Waals surface area (Å²) in [6.45, 7) is 9.67. The molecular weight excluding hydrogens is 769 g/mol. The van der Waals surface area contributed by atoms with E-state index in [1.165, 1.54) is 205 Å². The minimum atomic E-state index is -1.04. The van der Waals surface area contributed by atoms with Crippen LogP contribution in [0.3, 0.4) is 0 Å². The Kier molecular flexibility index (Phi) is 45.6. The predicted molar refractivity (Wildman–Crippen MR) is 252 cm³/mol. The lowest BCUT2D eigenvalue weighted by Crippen LogP contribution is -2.35. The van der Waals surface area contributed by atoms with Gasteiger partial charge in [-0.25, -0.2) is 0 Å². The Bertz CT molecular complexity index is 924. The van der Waals surface area contributed by atoms with Crippen LogP contribution in [0, 0.1) is 0 Å². The van der Waals surface area contributed by atoms with Crippen LogP contribution in [0.4, 0.5) is 0 Å². The van der Waals surface area contributed by atoms with Crippen LogP contribution in [0.1, 0.15) is 251 Å². The number of unbranched alkanes of at least 4 members (excludes halogenated alkanes) is 30. The van der Waals surface area contributed by atoms with Crippen molar-refractivity contribution < 1.29 is 38.9 Å². The van der Waals surface area contributed by atoms with Crippen molar-refractivity contribution in [3.05, 3.63) is 0 Å². The Morgan fingerprint density at radius 3 is 0.803 bits per heavy atom. The molecule has 0 atom stereocenters. The first kappa shape index (κ1) is 58.8. The number of carboxylic acid groups (broad SMARTS) is 2. The molecule has 0 rings (SSSR count). The number of nitrogens with zero attached hydrogens (tertiary/aromatic N) is 2. The zero-order chi connectivity index (χ0) is 44.7. The van der Waals surface area contributed by atoms with Gasteiger partial charge in [0.25, 0.3) is 0 Å². The molecule has 0 aromatic carbocycles. The van der Waals surface area contributed by atoms with Crippen LogP contribution in [-0.4, -0.2) is 96.4 Å². The standard InChI is InChI=1S/C51H98N2O8/c1-3-5-7-9-11-13-15-17-19-21-23-25-27-29-31-33-40-52(41-34-32-30-28-26-24-22-20-18-16-14-12-10-8-6-4-2)42-35-43-53(44-46-60-50(58)38-36-48(54)55)45-47-61-51(59)39-37-49(56)57/h3-47H2,1-2H3,(H,54,55)(H,56,57). The van der Waals surface area contributed by atoms with Crippen molar-refractivity contribution in [3.8, 4) is 0 Å². The summed E-state index contributed by atoms with van der Waals surface area (Å²) < 4.78 is 10.6. The normalized spacial score (nSPS) is 11.5. The van der Waals surface area contributed by atoms with Crippen molar-refractivity contribution in [2.75, 3.05) is 52.5 Å². The number of hydrogen-bond acceptors (Lipinski definition) is 8. The van der Waals surface area contributed by atoms with Crippen molar-refractivity contribution in [1.29, 1.82) is 0 Å². The lowest BCUT2D eigenvalue weighted by molar-refractivity contribution is -0.148. The van der Waals surface area contributed by atoms with Crippen LogP contribution in [0.25, 0.3) is 0 Å². The van der Waals surface area contributed by atoms with Gasteiger partial charge in [-0.15, -0.1) is 0 Å². The Labute approximate surface area is 375 Å². The number of rotatable bonds is 50. The molecule has 0 radical (unpaired) electrons. The summed E-state index contributed by atoms with van der Waals surface area (Å²) in [5, 5.41) is 17.7. The molecular formula is C51H98N2O8. The van der Waals surface area contributed by atoms with Crippen molar-refractivity contribution in [3.63, 3.8) is 0 Å². The quantitative estimate of drug-likeness (QED) is 0.0449. The monoisotopic (exact) mass is 867 g/mol. The van der Waals surface area contributed by atoms with Crippen LogP contribution < -0.4 is 0 Å². The van der Waals surface area contributed by atoms with Crippen LogP contribution in [-0.2, 0) is 28.7 Å². The first-order valence-corrected chi connectivity index (χ1v) is 26.0. The molecule has 10 heteroatoms. The van der Waals surface area contributed by atoms with Gasteiger partial charge < -0.3 is 24.6 Å². The molecule has 0 saturated carbocycles. The molecule has 2 N–H and O–H groups in total. The van der Waals surface area contributed by atoms with Crippen molar-refractivity contribution in [1.82, 2.24) is 9.80 Å². The third kappa shape index (κ3) is 47.1. The first-order chi connectivity index (χ1) is 29.8. The number of carbonyl (C=O) groups excluding carboxylic acids is 2. The second kappa shape index (κ2) is 47.3. The molecule has 0 aliphatic rings. The zero-order valence-electron chi connectivity index (χ0n) is 40.1. The van der Waals surface area contributed by atoms with E-state index in [2.05, 4.69) is 23.6 Å². The van der Waals surface area contributed by atoms with Crippen LogP contribution in [0.2, 0.25) is 0 Å². The summed E-state index contributed by atoms with van der Waals surface area (Å²) >= 11 is 0. The fourth-order valence-electron chi connectivity index (χ4n) is 8.10. The summed E-state index contributed by atoms with van der Waals surface area (Å²) in [4.78, 5) is 50.4. The van der Waals surface area contributed by atoms with Gasteiger partial charge in [0.15, 0.2) is 0 Å². The molecule has 0 aliphatic carbocycles. The van der Waals surface area contributed by atoms with Gasteiger partial charge in [0, 0.05) is 13.1 Å². The topological polar surface area (TPSA) is 134 Å².